The van der Waals surface area contributed by atoms with E-state index in [2.05, 4.69) is 6.58 Å². The maximum atomic E-state index is 13.3. The van der Waals surface area contributed by atoms with Gasteiger partial charge in [-0.1, -0.05) is 6.58 Å². The predicted octanol–water partition coefficient (Wildman–Crippen LogP) is 1.99. The van der Waals surface area contributed by atoms with Crippen LogP contribution in [0.2, 0.25) is 0 Å². The minimum atomic E-state index is -4.96. The van der Waals surface area contributed by atoms with Gasteiger partial charge in [-0.25, -0.2) is 0 Å². The van der Waals surface area contributed by atoms with Crippen molar-refractivity contribution < 1.29 is 22.0 Å². The van der Waals surface area contributed by atoms with Crippen molar-refractivity contribution in [3.8, 4) is 0 Å². The van der Waals surface area contributed by atoms with Gasteiger partial charge in [-0.2, -0.15) is 22.0 Å². The normalized spacial score (nSPS) is 22.5. The van der Waals surface area contributed by atoms with Crippen molar-refractivity contribution in [1.29, 1.82) is 0 Å². The molecule has 0 bridgehead atoms. The fourth-order valence-electron chi connectivity index (χ4n) is 1.86. The van der Waals surface area contributed by atoms with E-state index in [0.717, 1.165) is 4.90 Å². The first-order valence-corrected chi connectivity index (χ1v) is 5.19. The molecule has 0 aliphatic carbocycles. The van der Waals surface area contributed by atoms with Crippen molar-refractivity contribution in [2.24, 2.45) is 0 Å². The molecule has 1 fully saturated rings. The quantitative estimate of drug-likeness (QED) is 0.564. The van der Waals surface area contributed by atoms with E-state index in [4.69, 9.17) is 0 Å². The van der Waals surface area contributed by atoms with E-state index in [0.29, 0.717) is 13.1 Å². The van der Waals surface area contributed by atoms with Crippen molar-refractivity contribution in [3.05, 3.63) is 12.7 Å². The fraction of sp³-hybridized carbons (Fsp3) is 0.800. The lowest BCUT2D eigenvalue weighted by Crippen LogP contribution is -2.60. The zero-order valence-corrected chi connectivity index (χ0v) is 9.47. The summed E-state index contributed by atoms with van der Waals surface area (Å²) in [6, 6.07) is -2.78. The molecule has 0 spiro atoms. The summed E-state index contributed by atoms with van der Waals surface area (Å²) < 4.78 is 64.7. The van der Waals surface area contributed by atoms with Gasteiger partial charge in [0.1, 0.15) is 0 Å². The summed E-state index contributed by atoms with van der Waals surface area (Å²) in [5, 5.41) is 0. The van der Waals surface area contributed by atoms with Crippen LogP contribution in [0.3, 0.4) is 0 Å². The molecule has 0 aromatic heterocycles. The standard InChI is InChI=1S/C10H15F5N2/c1-3-9(11,12)8(10(13,14)15)17-6-4-16(2)5-7-17/h3,8H,1,4-7H2,2H3. The van der Waals surface area contributed by atoms with Crippen molar-refractivity contribution in [2.45, 2.75) is 18.1 Å². The second-order valence-corrected chi connectivity index (χ2v) is 4.16. The summed E-state index contributed by atoms with van der Waals surface area (Å²) in [7, 11) is 1.74. The number of likely N-dealkylation sites (N-methyl/N-ethyl adjacent to an activating group) is 1. The van der Waals surface area contributed by atoms with Crippen LogP contribution in [-0.2, 0) is 0 Å². The number of piperazine rings is 1. The SMILES string of the molecule is C=CC(F)(F)C(N1CCN(C)CC1)C(F)(F)F. The summed E-state index contributed by atoms with van der Waals surface area (Å²) >= 11 is 0. The van der Waals surface area contributed by atoms with Crippen molar-refractivity contribution in [2.75, 3.05) is 33.2 Å². The van der Waals surface area contributed by atoms with Crippen molar-refractivity contribution in [1.82, 2.24) is 9.80 Å². The first kappa shape index (κ1) is 14.4. The smallest absolute Gasteiger partial charge is 0.304 e. The van der Waals surface area contributed by atoms with Gasteiger partial charge in [0.15, 0.2) is 6.04 Å². The topological polar surface area (TPSA) is 6.48 Å². The lowest BCUT2D eigenvalue weighted by molar-refractivity contribution is -0.236. The minimum Gasteiger partial charge on any atom is -0.304 e. The first-order valence-electron chi connectivity index (χ1n) is 5.19. The van der Waals surface area contributed by atoms with Gasteiger partial charge in [-0.05, 0) is 13.1 Å². The summed E-state index contributed by atoms with van der Waals surface area (Å²) in [4.78, 5) is 2.58. The molecule has 100 valence electrons. The summed E-state index contributed by atoms with van der Waals surface area (Å²) in [5.74, 6) is -3.96. The Morgan fingerprint density at radius 1 is 1.06 bits per heavy atom. The summed E-state index contributed by atoms with van der Waals surface area (Å²) in [6.45, 7) is 3.44. The molecule has 1 saturated heterocycles. The summed E-state index contributed by atoms with van der Waals surface area (Å²) in [6.07, 6.45) is -4.89. The fourth-order valence-corrected chi connectivity index (χ4v) is 1.86. The molecule has 0 aromatic rings. The van der Waals surface area contributed by atoms with Gasteiger partial charge in [0.25, 0.3) is 5.92 Å². The van der Waals surface area contributed by atoms with Gasteiger partial charge in [-0.15, -0.1) is 0 Å². The van der Waals surface area contributed by atoms with Crippen LogP contribution in [0.1, 0.15) is 0 Å². The van der Waals surface area contributed by atoms with Crippen LogP contribution >= 0.6 is 0 Å². The largest absolute Gasteiger partial charge is 0.410 e. The molecule has 0 amide bonds. The zero-order valence-electron chi connectivity index (χ0n) is 9.47. The van der Waals surface area contributed by atoms with Crippen molar-refractivity contribution in [3.63, 3.8) is 0 Å². The second-order valence-electron chi connectivity index (χ2n) is 4.16. The number of alkyl halides is 5. The van der Waals surface area contributed by atoms with Crippen LogP contribution in [0.5, 0.6) is 0 Å². The van der Waals surface area contributed by atoms with Crippen LogP contribution in [0, 0.1) is 0 Å². The van der Waals surface area contributed by atoms with E-state index < -0.39 is 18.1 Å². The number of hydrogen-bond acceptors (Lipinski definition) is 2. The van der Waals surface area contributed by atoms with Crippen LogP contribution in [0.25, 0.3) is 0 Å². The molecule has 1 unspecified atom stereocenters. The molecule has 1 aliphatic heterocycles. The molecule has 1 heterocycles. The van der Waals surface area contributed by atoms with E-state index in [1.807, 2.05) is 0 Å². The Labute approximate surface area is 96.7 Å². The Morgan fingerprint density at radius 3 is 1.88 bits per heavy atom. The molecule has 0 N–H and O–H groups in total. The molecule has 17 heavy (non-hydrogen) atoms. The van der Waals surface area contributed by atoms with Gasteiger partial charge in [-0.3, -0.25) is 4.90 Å². The first-order chi connectivity index (χ1) is 7.68. The highest BCUT2D eigenvalue weighted by atomic mass is 19.4. The Balaban J connectivity index is 2.88. The van der Waals surface area contributed by atoms with Gasteiger partial charge in [0.2, 0.25) is 0 Å². The number of hydrogen-bond donors (Lipinski definition) is 0. The zero-order chi connectivity index (χ0) is 13.3. The van der Waals surface area contributed by atoms with Gasteiger partial charge in [0, 0.05) is 26.2 Å². The number of nitrogens with zero attached hydrogens (tertiary/aromatic N) is 2. The number of rotatable bonds is 3. The molecule has 1 atom stereocenters. The highest BCUT2D eigenvalue weighted by Crippen LogP contribution is 2.37. The molecule has 2 nitrogen and oxygen atoms in total. The Morgan fingerprint density at radius 2 is 1.53 bits per heavy atom. The van der Waals surface area contributed by atoms with Gasteiger partial charge >= 0.3 is 6.18 Å². The molecule has 0 saturated carbocycles. The van der Waals surface area contributed by atoms with Gasteiger partial charge < -0.3 is 4.90 Å². The monoisotopic (exact) mass is 258 g/mol. The molecular weight excluding hydrogens is 243 g/mol. The van der Waals surface area contributed by atoms with E-state index in [-0.39, 0.29) is 19.2 Å². The Bertz CT molecular complexity index is 268. The highest BCUT2D eigenvalue weighted by molar-refractivity contribution is 5.02. The molecule has 1 aliphatic rings. The van der Waals surface area contributed by atoms with E-state index >= 15 is 0 Å². The van der Waals surface area contributed by atoms with E-state index in [9.17, 15) is 22.0 Å². The molecule has 1 rings (SSSR count). The Hall–Kier alpha value is -0.690. The van der Waals surface area contributed by atoms with E-state index in [1.54, 1.807) is 11.9 Å². The van der Waals surface area contributed by atoms with E-state index in [1.165, 1.54) is 0 Å². The number of halogens is 5. The lowest BCUT2D eigenvalue weighted by atomic mass is 10.1. The highest BCUT2D eigenvalue weighted by Gasteiger charge is 2.57. The van der Waals surface area contributed by atoms with Crippen LogP contribution < -0.4 is 0 Å². The van der Waals surface area contributed by atoms with Crippen LogP contribution in [-0.4, -0.2) is 61.2 Å². The molecule has 0 radical (unpaired) electrons. The van der Waals surface area contributed by atoms with Crippen molar-refractivity contribution >= 4 is 0 Å². The average molecular weight is 258 g/mol. The molecule has 0 aromatic carbocycles. The Kier molecular flexibility index (Phi) is 4.14. The lowest BCUT2D eigenvalue weighted by Gasteiger charge is -2.40. The van der Waals surface area contributed by atoms with Crippen LogP contribution in [0.15, 0.2) is 12.7 Å². The predicted molar refractivity (Wildman–Crippen MR) is 54.1 cm³/mol. The van der Waals surface area contributed by atoms with Crippen LogP contribution in [0.4, 0.5) is 22.0 Å². The molecular formula is C10H15F5N2. The third kappa shape index (κ3) is 3.38. The third-order valence-corrected chi connectivity index (χ3v) is 2.85. The van der Waals surface area contributed by atoms with Gasteiger partial charge in [0.05, 0.1) is 0 Å². The second kappa shape index (κ2) is 4.89. The maximum absolute atomic E-state index is 13.3. The minimum absolute atomic E-state index is 0.0237. The summed E-state index contributed by atoms with van der Waals surface area (Å²) in [5.41, 5.74) is 0. The average Bonchev–Trinajstić information content (AvgIpc) is 2.19. The third-order valence-electron chi connectivity index (χ3n) is 2.85. The molecule has 7 heteroatoms. The maximum Gasteiger partial charge on any atom is 0.410 e.